The van der Waals surface area contributed by atoms with Crippen LogP contribution in [0.4, 0.5) is 4.39 Å². The minimum atomic E-state index is -0.332. The van der Waals surface area contributed by atoms with Crippen LogP contribution in [0.5, 0.6) is 0 Å². The summed E-state index contributed by atoms with van der Waals surface area (Å²) in [6, 6.07) is 4.65. The topological polar surface area (TPSA) is 45.8 Å². The Morgan fingerprint density at radius 2 is 1.94 bits per heavy atom. The van der Waals surface area contributed by atoms with Gasteiger partial charge in [-0.2, -0.15) is 0 Å². The fourth-order valence-corrected chi connectivity index (χ4v) is 1.67. The monoisotopic (exact) mass is 232 g/mol. The van der Waals surface area contributed by atoms with Crippen LogP contribution in [0.15, 0.2) is 23.0 Å². The number of hydrogen-bond acceptors (Lipinski definition) is 2. The van der Waals surface area contributed by atoms with Crippen LogP contribution in [0.25, 0.3) is 11.3 Å². The number of aryl methyl sites for hydroxylation is 2. The van der Waals surface area contributed by atoms with Gasteiger partial charge in [-0.3, -0.25) is 4.79 Å². The van der Waals surface area contributed by atoms with Crippen LogP contribution in [0, 0.1) is 26.6 Å². The van der Waals surface area contributed by atoms with Crippen LogP contribution in [-0.4, -0.2) is 9.97 Å². The van der Waals surface area contributed by atoms with E-state index < -0.39 is 0 Å². The maximum absolute atomic E-state index is 13.4. The van der Waals surface area contributed by atoms with Gasteiger partial charge in [0.2, 0.25) is 0 Å². The quantitative estimate of drug-likeness (QED) is 0.821. The van der Waals surface area contributed by atoms with Gasteiger partial charge in [0, 0.05) is 11.3 Å². The zero-order valence-corrected chi connectivity index (χ0v) is 9.97. The van der Waals surface area contributed by atoms with Crippen molar-refractivity contribution in [1.82, 2.24) is 9.97 Å². The molecule has 1 N–H and O–H groups in total. The van der Waals surface area contributed by atoms with Crippen LogP contribution in [0.2, 0.25) is 0 Å². The second-order valence-electron chi connectivity index (χ2n) is 4.04. The molecule has 0 spiro atoms. The largest absolute Gasteiger partial charge is 0.323 e. The molecule has 0 amide bonds. The summed E-state index contributed by atoms with van der Waals surface area (Å²) in [6.45, 7) is 5.23. The van der Waals surface area contributed by atoms with Gasteiger partial charge in [-0.25, -0.2) is 9.37 Å². The number of nitrogens with one attached hydrogen (secondary N) is 1. The fourth-order valence-electron chi connectivity index (χ4n) is 1.67. The van der Waals surface area contributed by atoms with E-state index in [9.17, 15) is 9.18 Å². The summed E-state index contributed by atoms with van der Waals surface area (Å²) in [5.41, 5.74) is 2.42. The molecule has 3 nitrogen and oxygen atoms in total. The Morgan fingerprint density at radius 3 is 2.65 bits per heavy atom. The van der Waals surface area contributed by atoms with Gasteiger partial charge in [0.25, 0.3) is 5.56 Å². The zero-order chi connectivity index (χ0) is 12.6. The van der Waals surface area contributed by atoms with Gasteiger partial charge in [-0.05, 0) is 32.4 Å². The number of benzene rings is 1. The third-order valence-electron chi connectivity index (χ3n) is 2.86. The molecule has 0 saturated carbocycles. The Bertz CT molecular complexity index is 632. The number of H-pyrrole nitrogens is 1. The molecule has 1 heterocycles. The maximum atomic E-state index is 13.4. The predicted molar refractivity (Wildman–Crippen MR) is 64.5 cm³/mol. The normalized spacial score (nSPS) is 10.6. The van der Waals surface area contributed by atoms with Crippen molar-refractivity contribution < 1.29 is 4.39 Å². The van der Waals surface area contributed by atoms with Gasteiger partial charge in [0.1, 0.15) is 11.5 Å². The lowest BCUT2D eigenvalue weighted by atomic mass is 10.1. The number of aromatic amines is 1. The standard InChI is InChI=1S/C13H13FN2O/c1-7-10(5-4-6-11(7)14)12-13(17)16-9(3)8(2)15-12/h4-6H,1-3H3,(H,16,17). The SMILES string of the molecule is Cc1nc(-c2cccc(F)c2C)c(=O)[nH]c1C. The molecule has 2 aromatic rings. The van der Waals surface area contributed by atoms with Crippen molar-refractivity contribution in [2.45, 2.75) is 20.8 Å². The number of hydrogen-bond donors (Lipinski definition) is 1. The van der Waals surface area contributed by atoms with E-state index in [1.807, 2.05) is 6.92 Å². The molecule has 4 heteroatoms. The Balaban J connectivity index is 2.73. The Kier molecular flexibility index (Phi) is 2.79. The number of halogens is 1. The molecule has 0 aliphatic heterocycles. The Labute approximate surface area is 98.3 Å². The fraction of sp³-hybridized carbons (Fsp3) is 0.231. The molecule has 0 radical (unpaired) electrons. The molecule has 17 heavy (non-hydrogen) atoms. The summed E-state index contributed by atoms with van der Waals surface area (Å²) < 4.78 is 13.4. The van der Waals surface area contributed by atoms with Crippen molar-refractivity contribution in [3.63, 3.8) is 0 Å². The summed E-state index contributed by atoms with van der Waals surface area (Å²) in [5, 5.41) is 0. The lowest BCUT2D eigenvalue weighted by molar-refractivity contribution is 0.619. The van der Waals surface area contributed by atoms with E-state index in [2.05, 4.69) is 9.97 Å². The van der Waals surface area contributed by atoms with Gasteiger partial charge in [-0.1, -0.05) is 12.1 Å². The maximum Gasteiger partial charge on any atom is 0.274 e. The van der Waals surface area contributed by atoms with Gasteiger partial charge >= 0.3 is 0 Å². The molecule has 88 valence electrons. The second kappa shape index (κ2) is 4.13. The zero-order valence-electron chi connectivity index (χ0n) is 9.97. The predicted octanol–water partition coefficient (Wildman–Crippen LogP) is 2.50. The van der Waals surface area contributed by atoms with Crippen molar-refractivity contribution in [3.8, 4) is 11.3 Å². The van der Waals surface area contributed by atoms with E-state index in [-0.39, 0.29) is 17.1 Å². The van der Waals surface area contributed by atoms with Crippen molar-refractivity contribution in [1.29, 1.82) is 0 Å². The van der Waals surface area contributed by atoms with E-state index in [1.165, 1.54) is 6.07 Å². The number of nitrogens with zero attached hydrogens (tertiary/aromatic N) is 1. The molecular formula is C13H13FN2O. The summed E-state index contributed by atoms with van der Waals surface area (Å²) in [5.74, 6) is -0.332. The average Bonchev–Trinajstić information content (AvgIpc) is 2.28. The Morgan fingerprint density at radius 1 is 1.24 bits per heavy atom. The third kappa shape index (κ3) is 1.98. The minimum absolute atomic E-state index is 0.269. The highest BCUT2D eigenvalue weighted by molar-refractivity contribution is 5.62. The van der Waals surface area contributed by atoms with Gasteiger partial charge < -0.3 is 4.98 Å². The molecule has 0 fully saturated rings. The molecule has 2 rings (SSSR count). The first-order chi connectivity index (χ1) is 8.00. The van der Waals surface area contributed by atoms with Crippen molar-refractivity contribution in [3.05, 3.63) is 51.3 Å². The van der Waals surface area contributed by atoms with Gasteiger partial charge in [-0.15, -0.1) is 0 Å². The molecule has 0 bridgehead atoms. The smallest absolute Gasteiger partial charge is 0.274 e. The van der Waals surface area contributed by atoms with E-state index >= 15 is 0 Å². The van der Waals surface area contributed by atoms with Crippen LogP contribution in [0.3, 0.4) is 0 Å². The molecule has 0 atom stereocenters. The molecular weight excluding hydrogens is 219 g/mol. The van der Waals surface area contributed by atoms with Crippen molar-refractivity contribution in [2.75, 3.05) is 0 Å². The lowest BCUT2D eigenvalue weighted by Crippen LogP contribution is -2.15. The van der Waals surface area contributed by atoms with Crippen LogP contribution in [-0.2, 0) is 0 Å². The highest BCUT2D eigenvalue weighted by atomic mass is 19.1. The van der Waals surface area contributed by atoms with Crippen LogP contribution >= 0.6 is 0 Å². The highest BCUT2D eigenvalue weighted by Crippen LogP contribution is 2.20. The molecule has 0 unspecified atom stereocenters. The molecule has 0 aliphatic carbocycles. The minimum Gasteiger partial charge on any atom is -0.323 e. The van der Waals surface area contributed by atoms with Gasteiger partial charge in [0.15, 0.2) is 0 Å². The van der Waals surface area contributed by atoms with E-state index in [0.29, 0.717) is 11.1 Å². The average molecular weight is 232 g/mol. The number of aromatic nitrogens is 2. The number of rotatable bonds is 1. The van der Waals surface area contributed by atoms with E-state index in [1.54, 1.807) is 26.0 Å². The Hall–Kier alpha value is -1.97. The van der Waals surface area contributed by atoms with Crippen LogP contribution < -0.4 is 5.56 Å². The summed E-state index contributed by atoms with van der Waals surface area (Å²) in [6.07, 6.45) is 0. The molecule has 0 aliphatic rings. The summed E-state index contributed by atoms with van der Waals surface area (Å²) >= 11 is 0. The first-order valence-corrected chi connectivity index (χ1v) is 5.33. The van der Waals surface area contributed by atoms with Gasteiger partial charge in [0.05, 0.1) is 5.69 Å². The van der Waals surface area contributed by atoms with E-state index in [4.69, 9.17) is 0 Å². The molecule has 1 aromatic heterocycles. The second-order valence-corrected chi connectivity index (χ2v) is 4.04. The van der Waals surface area contributed by atoms with Crippen molar-refractivity contribution in [2.24, 2.45) is 0 Å². The van der Waals surface area contributed by atoms with Crippen molar-refractivity contribution >= 4 is 0 Å². The molecule has 0 saturated heterocycles. The first kappa shape index (κ1) is 11.5. The summed E-state index contributed by atoms with van der Waals surface area (Å²) in [4.78, 5) is 18.8. The van der Waals surface area contributed by atoms with E-state index in [0.717, 1.165) is 11.4 Å². The molecule has 1 aromatic carbocycles. The highest BCUT2D eigenvalue weighted by Gasteiger charge is 2.12. The summed E-state index contributed by atoms with van der Waals surface area (Å²) in [7, 11) is 0. The van der Waals surface area contributed by atoms with Crippen LogP contribution in [0.1, 0.15) is 17.0 Å². The first-order valence-electron chi connectivity index (χ1n) is 5.33. The third-order valence-corrected chi connectivity index (χ3v) is 2.86. The lowest BCUT2D eigenvalue weighted by Gasteiger charge is -2.07.